The number of amides is 3. The number of aliphatic imine (C=N–C) groups is 1. The van der Waals surface area contributed by atoms with Crippen molar-refractivity contribution in [3.05, 3.63) is 142 Å². The molecular weight excluding hydrogens is 666 g/mol. The molecule has 0 aromatic heterocycles. The summed E-state index contributed by atoms with van der Waals surface area (Å²) in [4.78, 5) is 71.5. The van der Waals surface area contributed by atoms with Crippen molar-refractivity contribution >= 4 is 41.0 Å². The monoisotopic (exact) mass is 703 g/mol. The molecule has 3 atom stereocenters. The van der Waals surface area contributed by atoms with Gasteiger partial charge in [-0.2, -0.15) is 0 Å². The third kappa shape index (κ3) is 8.22. The Kier molecular flexibility index (Phi) is 11.1. The summed E-state index contributed by atoms with van der Waals surface area (Å²) in [6, 6.07) is 29.1. The molecule has 0 saturated carbocycles. The molecule has 2 aliphatic heterocycles. The number of non-ortho nitro benzene ring substituents is 1. The van der Waals surface area contributed by atoms with E-state index in [0.29, 0.717) is 35.3 Å². The van der Waals surface area contributed by atoms with Gasteiger partial charge >= 0.3 is 12.1 Å². The molecule has 266 valence electrons. The van der Waals surface area contributed by atoms with Gasteiger partial charge in [-0.1, -0.05) is 91.0 Å². The van der Waals surface area contributed by atoms with Gasteiger partial charge in [-0.3, -0.25) is 29.6 Å². The van der Waals surface area contributed by atoms with E-state index in [9.17, 15) is 34.4 Å². The van der Waals surface area contributed by atoms with Crippen LogP contribution in [0.5, 0.6) is 0 Å². The Morgan fingerprint density at radius 2 is 1.60 bits per heavy atom. The van der Waals surface area contributed by atoms with Crippen LogP contribution in [0.3, 0.4) is 0 Å². The second-order valence-electron chi connectivity index (χ2n) is 12.6. The van der Waals surface area contributed by atoms with E-state index < -0.39 is 41.3 Å². The maximum absolute atomic E-state index is 13.9. The number of carbonyl (C=O) groups is 4. The number of para-hydroxylation sites is 1. The van der Waals surface area contributed by atoms with Crippen molar-refractivity contribution in [1.82, 2.24) is 9.80 Å². The van der Waals surface area contributed by atoms with Crippen LogP contribution >= 0.6 is 0 Å². The van der Waals surface area contributed by atoms with Gasteiger partial charge < -0.3 is 15.2 Å². The van der Waals surface area contributed by atoms with Crippen LogP contribution in [-0.4, -0.2) is 81.2 Å². The van der Waals surface area contributed by atoms with Gasteiger partial charge in [0.25, 0.3) is 5.69 Å². The molecule has 0 aliphatic carbocycles. The average Bonchev–Trinajstić information content (AvgIpc) is 3.81. The van der Waals surface area contributed by atoms with Crippen molar-refractivity contribution in [3.8, 4) is 0 Å². The van der Waals surface area contributed by atoms with Crippen molar-refractivity contribution in [3.63, 3.8) is 0 Å². The number of likely N-dealkylation sites (tertiary alicyclic amines) is 1. The number of ether oxygens (including phenoxy) is 1. The number of carboxylic acids is 1. The number of aliphatic carboxylic acids is 1. The van der Waals surface area contributed by atoms with Crippen molar-refractivity contribution in [2.75, 3.05) is 25.0 Å². The predicted octanol–water partition coefficient (Wildman–Crippen LogP) is 5.64. The number of nitro groups is 1. The highest BCUT2D eigenvalue weighted by Gasteiger charge is 2.37. The van der Waals surface area contributed by atoms with Gasteiger partial charge in [-0.25, -0.2) is 14.5 Å². The Morgan fingerprint density at radius 3 is 2.25 bits per heavy atom. The van der Waals surface area contributed by atoms with Crippen LogP contribution in [0.1, 0.15) is 47.4 Å². The molecule has 13 heteroatoms. The summed E-state index contributed by atoms with van der Waals surface area (Å²) in [5.74, 6) is -3.38. The number of hydrogen-bond donors (Lipinski definition) is 2. The summed E-state index contributed by atoms with van der Waals surface area (Å²) in [5.41, 5.74) is 2.87. The zero-order valence-corrected chi connectivity index (χ0v) is 28.2. The molecule has 2 heterocycles. The van der Waals surface area contributed by atoms with Crippen molar-refractivity contribution in [2.45, 2.75) is 43.8 Å². The molecule has 6 rings (SSSR count). The molecule has 4 aromatic carbocycles. The Bertz CT molecular complexity index is 1970. The first-order chi connectivity index (χ1) is 25.2. The quantitative estimate of drug-likeness (QED) is 0.102. The minimum atomic E-state index is -1.60. The maximum Gasteiger partial charge on any atom is 0.416 e. The smallest absolute Gasteiger partial charge is 0.416 e. The Hall–Kier alpha value is -6.21. The van der Waals surface area contributed by atoms with Gasteiger partial charge in [-0.05, 0) is 36.6 Å². The lowest BCUT2D eigenvalue weighted by molar-refractivity contribution is -0.384. The number of nitrogens with zero attached hydrogens (tertiary/aromatic N) is 4. The number of carbonyl (C=O) groups excluding carboxylic acids is 3. The van der Waals surface area contributed by atoms with Gasteiger partial charge in [0.05, 0.1) is 28.9 Å². The highest BCUT2D eigenvalue weighted by atomic mass is 16.6. The van der Waals surface area contributed by atoms with Crippen molar-refractivity contribution in [1.29, 1.82) is 0 Å². The van der Waals surface area contributed by atoms with E-state index in [1.807, 2.05) is 30.3 Å². The van der Waals surface area contributed by atoms with E-state index >= 15 is 0 Å². The number of anilines is 1. The lowest BCUT2D eigenvalue weighted by Gasteiger charge is -2.25. The van der Waals surface area contributed by atoms with Crippen LogP contribution in [-0.2, 0) is 25.7 Å². The van der Waals surface area contributed by atoms with Gasteiger partial charge in [0.1, 0.15) is 6.61 Å². The van der Waals surface area contributed by atoms with Crippen LogP contribution in [0, 0.1) is 10.1 Å². The molecule has 2 fully saturated rings. The number of rotatable bonds is 13. The van der Waals surface area contributed by atoms with Gasteiger partial charge in [-0.15, -0.1) is 0 Å². The molecule has 4 aromatic rings. The molecule has 0 spiro atoms. The molecule has 3 amide bonds. The van der Waals surface area contributed by atoms with E-state index in [-0.39, 0.29) is 36.5 Å². The van der Waals surface area contributed by atoms with Crippen LogP contribution in [0.4, 0.5) is 16.2 Å². The first kappa shape index (κ1) is 35.6. The van der Waals surface area contributed by atoms with E-state index in [0.717, 1.165) is 23.4 Å². The SMILES string of the molecule is O=C(O)[C@@H](N=C(c1ccccc1)c1ccccc1NC(=O)[C@@H]1CCCN1Cc1ccccc1)[C@H](CC(=O)N1CCOC1=O)c1ccc([N+](=O)[O-])cc1. The average molecular weight is 704 g/mol. The highest BCUT2D eigenvalue weighted by molar-refractivity contribution is 6.18. The molecular formula is C39H37N5O8. The Labute approximate surface area is 299 Å². The molecule has 0 unspecified atom stereocenters. The molecule has 2 saturated heterocycles. The fourth-order valence-corrected chi connectivity index (χ4v) is 6.67. The van der Waals surface area contributed by atoms with Crippen LogP contribution in [0.25, 0.3) is 0 Å². The van der Waals surface area contributed by atoms with E-state index in [1.165, 1.54) is 24.3 Å². The Morgan fingerprint density at radius 1 is 0.923 bits per heavy atom. The zero-order chi connectivity index (χ0) is 36.6. The fourth-order valence-electron chi connectivity index (χ4n) is 6.67. The second kappa shape index (κ2) is 16.2. The molecule has 52 heavy (non-hydrogen) atoms. The third-order valence-corrected chi connectivity index (χ3v) is 9.27. The summed E-state index contributed by atoms with van der Waals surface area (Å²) in [5, 5.41) is 25.2. The van der Waals surface area contributed by atoms with Crippen molar-refractivity contribution in [2.24, 2.45) is 4.99 Å². The normalized spacial score (nSPS) is 17.3. The molecule has 2 N–H and O–H groups in total. The fraction of sp³-hybridized carbons (Fsp3) is 0.256. The number of hydrogen-bond acceptors (Lipinski definition) is 9. The summed E-state index contributed by atoms with van der Waals surface area (Å²) in [6.45, 7) is 1.41. The maximum atomic E-state index is 13.9. The zero-order valence-electron chi connectivity index (χ0n) is 28.2. The van der Waals surface area contributed by atoms with Gasteiger partial charge in [0, 0.05) is 42.1 Å². The first-order valence-corrected chi connectivity index (χ1v) is 17.0. The third-order valence-electron chi connectivity index (χ3n) is 9.27. The minimum Gasteiger partial charge on any atom is -0.480 e. The van der Waals surface area contributed by atoms with Crippen molar-refractivity contribution < 1.29 is 33.9 Å². The topological polar surface area (TPSA) is 172 Å². The number of imide groups is 1. The minimum absolute atomic E-state index is 0.0117. The number of cyclic esters (lactones) is 1. The molecule has 2 aliphatic rings. The number of carboxylic acid groups (broad SMARTS) is 1. The summed E-state index contributed by atoms with van der Waals surface area (Å²) >= 11 is 0. The summed E-state index contributed by atoms with van der Waals surface area (Å²) < 4.78 is 4.93. The lowest BCUT2D eigenvalue weighted by atomic mass is 9.87. The molecule has 0 bridgehead atoms. The van der Waals surface area contributed by atoms with Gasteiger partial charge in [0.15, 0.2) is 6.04 Å². The number of nitrogens with one attached hydrogen (secondary N) is 1. The predicted molar refractivity (Wildman–Crippen MR) is 192 cm³/mol. The van der Waals surface area contributed by atoms with Crippen LogP contribution in [0.2, 0.25) is 0 Å². The van der Waals surface area contributed by atoms with Crippen LogP contribution < -0.4 is 5.32 Å². The molecule has 13 nitrogen and oxygen atoms in total. The van der Waals surface area contributed by atoms with E-state index in [1.54, 1.807) is 54.6 Å². The van der Waals surface area contributed by atoms with E-state index in [2.05, 4.69) is 10.2 Å². The van der Waals surface area contributed by atoms with Crippen LogP contribution in [0.15, 0.2) is 114 Å². The lowest BCUT2D eigenvalue weighted by Crippen LogP contribution is -2.39. The summed E-state index contributed by atoms with van der Waals surface area (Å²) in [6.07, 6.45) is 0.257. The first-order valence-electron chi connectivity index (χ1n) is 17.0. The van der Waals surface area contributed by atoms with E-state index in [4.69, 9.17) is 9.73 Å². The molecule has 0 radical (unpaired) electrons. The van der Waals surface area contributed by atoms with Gasteiger partial charge in [0.2, 0.25) is 11.8 Å². The highest BCUT2D eigenvalue weighted by Crippen LogP contribution is 2.32. The number of benzene rings is 4. The second-order valence-corrected chi connectivity index (χ2v) is 12.6. The standard InChI is InChI=1S/C39H37N5O8/c45-34(43-22-23-52-39(43)49)24-31(27-17-19-29(20-18-27)44(50)51)36(38(47)48)41-35(28-12-5-2-6-13-28)30-14-7-8-15-32(30)40-37(46)33-16-9-21-42(33)25-26-10-3-1-4-11-26/h1-8,10-15,17-20,31,33,36H,9,16,21-25H2,(H,40,46)(H,47,48)/t31-,33+,36+/m1/s1. The largest absolute Gasteiger partial charge is 0.480 e. The Balaban J connectivity index is 1.38. The number of nitro benzene ring substituents is 1. The summed E-state index contributed by atoms with van der Waals surface area (Å²) in [7, 11) is 0.